The first kappa shape index (κ1) is 31.5. The van der Waals surface area contributed by atoms with Gasteiger partial charge in [0.25, 0.3) is 0 Å². The highest BCUT2D eigenvalue weighted by Gasteiger charge is 2.61. The highest BCUT2D eigenvalue weighted by molar-refractivity contribution is 7.90. The van der Waals surface area contributed by atoms with Gasteiger partial charge >= 0.3 is 0 Å². The molecular formula is C32H40FN5O6S. The van der Waals surface area contributed by atoms with Gasteiger partial charge in [-0.1, -0.05) is 38.0 Å². The Labute approximate surface area is 262 Å². The van der Waals surface area contributed by atoms with Gasteiger partial charge in [-0.05, 0) is 63.0 Å². The standard InChI is InChI=1S/C32H40FN5O6S/c1-2-24-29(36-28-22(33)10-8-12-25(28)35-24)44-20-15-26-27(39)17-32(31(41)37-45(42,43)21-13-14-21)16-19(32)9-6-4-3-5-7-11-23(34)30(40)38(26)18-20/h6,8-10,12,19-21,23,26H,2-5,7,11,13-18,34H2,1H3,(H,37,41)/b9-6-/t19-,20-,23+,26+,32-/m1/s1. The van der Waals surface area contributed by atoms with Gasteiger partial charge in [0.05, 0.1) is 34.8 Å². The Balaban J connectivity index is 1.28. The second-order valence-corrected chi connectivity index (χ2v) is 14.8. The number of Topliss-reactive ketones (excluding diaryl/α,β-unsaturated/α-hetero) is 1. The summed E-state index contributed by atoms with van der Waals surface area (Å²) in [6.07, 6.45) is 8.74. The number of ketones is 1. The molecule has 2 aliphatic carbocycles. The number of nitrogens with one attached hydrogen (secondary N) is 1. The van der Waals surface area contributed by atoms with Gasteiger partial charge in [-0.15, -0.1) is 0 Å². The van der Waals surface area contributed by atoms with E-state index >= 15 is 0 Å². The summed E-state index contributed by atoms with van der Waals surface area (Å²) in [6, 6.07) is 2.78. The fourth-order valence-electron chi connectivity index (χ4n) is 6.63. The fraction of sp³-hybridized carbons (Fsp3) is 0.594. The van der Waals surface area contributed by atoms with E-state index in [9.17, 15) is 27.2 Å². The number of nitrogens with zero attached hydrogens (tertiary/aromatic N) is 3. The predicted molar refractivity (Wildman–Crippen MR) is 164 cm³/mol. The molecule has 1 aromatic carbocycles. The molecule has 5 atom stereocenters. The van der Waals surface area contributed by atoms with E-state index in [0.29, 0.717) is 43.3 Å². The number of amides is 2. The molecule has 45 heavy (non-hydrogen) atoms. The van der Waals surface area contributed by atoms with Crippen LogP contribution in [0, 0.1) is 17.2 Å². The smallest absolute Gasteiger partial charge is 0.240 e. The zero-order valence-electron chi connectivity index (χ0n) is 25.4. The number of sulfonamides is 1. The van der Waals surface area contributed by atoms with Crippen molar-refractivity contribution in [1.82, 2.24) is 19.6 Å². The minimum absolute atomic E-state index is 0.0572. The average molecular weight is 642 g/mol. The Bertz CT molecular complexity index is 1650. The Morgan fingerprint density at radius 2 is 1.98 bits per heavy atom. The third-order valence-electron chi connectivity index (χ3n) is 9.56. The maximum atomic E-state index is 14.6. The number of para-hydroxylation sites is 1. The number of aromatic nitrogens is 2. The van der Waals surface area contributed by atoms with E-state index in [1.54, 1.807) is 12.1 Å². The number of rotatable bonds is 6. The van der Waals surface area contributed by atoms with Gasteiger partial charge in [0, 0.05) is 12.8 Å². The van der Waals surface area contributed by atoms with E-state index in [-0.39, 0.29) is 48.4 Å². The van der Waals surface area contributed by atoms with E-state index in [0.717, 1.165) is 25.7 Å². The lowest BCUT2D eigenvalue weighted by Gasteiger charge is -2.27. The molecule has 3 N–H and O–H groups in total. The van der Waals surface area contributed by atoms with E-state index in [2.05, 4.69) is 14.7 Å². The van der Waals surface area contributed by atoms with Crippen LogP contribution >= 0.6 is 0 Å². The molecule has 4 aliphatic rings. The molecule has 0 radical (unpaired) electrons. The largest absolute Gasteiger partial charge is 0.471 e. The van der Waals surface area contributed by atoms with Gasteiger partial charge in [-0.3, -0.25) is 19.1 Å². The number of carbonyl (C=O) groups is 3. The van der Waals surface area contributed by atoms with Gasteiger partial charge in [0.1, 0.15) is 17.3 Å². The zero-order valence-corrected chi connectivity index (χ0v) is 26.2. The molecule has 242 valence electrons. The van der Waals surface area contributed by atoms with Gasteiger partial charge in [-0.25, -0.2) is 22.8 Å². The number of allylic oxidation sites excluding steroid dienone is 2. The Morgan fingerprint density at radius 1 is 1.18 bits per heavy atom. The van der Waals surface area contributed by atoms with Gasteiger partial charge in [0.15, 0.2) is 11.6 Å². The lowest BCUT2D eigenvalue weighted by atomic mass is 9.91. The van der Waals surface area contributed by atoms with Crippen LogP contribution in [0.1, 0.15) is 76.8 Å². The minimum Gasteiger partial charge on any atom is -0.471 e. The van der Waals surface area contributed by atoms with Crippen molar-refractivity contribution in [1.29, 1.82) is 0 Å². The van der Waals surface area contributed by atoms with Crippen LogP contribution in [-0.2, 0) is 30.8 Å². The molecule has 2 aromatic rings. The zero-order chi connectivity index (χ0) is 31.9. The Kier molecular flexibility index (Phi) is 8.68. The first-order valence-electron chi connectivity index (χ1n) is 16.0. The minimum atomic E-state index is -3.81. The van der Waals surface area contributed by atoms with Crippen LogP contribution in [-0.4, -0.2) is 70.9 Å². The Hall–Kier alpha value is -3.45. The molecule has 6 rings (SSSR count). The third-order valence-corrected chi connectivity index (χ3v) is 11.4. The highest BCUT2D eigenvalue weighted by Crippen LogP contribution is 2.57. The first-order valence-corrected chi connectivity index (χ1v) is 17.5. The molecule has 2 aliphatic heterocycles. The molecule has 3 fully saturated rings. The van der Waals surface area contributed by atoms with E-state index < -0.39 is 50.6 Å². The first-order chi connectivity index (χ1) is 21.5. The summed E-state index contributed by atoms with van der Waals surface area (Å²) in [5.41, 5.74) is 6.12. The molecule has 0 bridgehead atoms. The maximum absolute atomic E-state index is 14.6. The summed E-state index contributed by atoms with van der Waals surface area (Å²) in [5, 5.41) is -0.578. The van der Waals surface area contributed by atoms with Crippen LogP contribution < -0.4 is 15.2 Å². The average Bonchev–Trinajstić information content (AvgIpc) is 3.93. The van der Waals surface area contributed by atoms with Crippen molar-refractivity contribution in [2.24, 2.45) is 17.1 Å². The lowest BCUT2D eigenvalue weighted by Crippen LogP contribution is -2.49. The summed E-state index contributed by atoms with van der Waals surface area (Å²) in [4.78, 5) is 51.6. The van der Waals surface area contributed by atoms with Crippen LogP contribution in [0.2, 0.25) is 0 Å². The number of aryl methyl sites for hydroxylation is 1. The van der Waals surface area contributed by atoms with Crippen molar-refractivity contribution in [3.8, 4) is 5.88 Å². The maximum Gasteiger partial charge on any atom is 0.240 e. The molecule has 11 nitrogen and oxygen atoms in total. The van der Waals surface area contributed by atoms with Crippen LogP contribution in [0.4, 0.5) is 4.39 Å². The second-order valence-electron chi connectivity index (χ2n) is 12.9. The number of benzene rings is 1. The quantitative estimate of drug-likeness (QED) is 0.452. The van der Waals surface area contributed by atoms with Crippen molar-refractivity contribution in [2.75, 3.05) is 6.54 Å². The molecule has 2 amide bonds. The summed E-state index contributed by atoms with van der Waals surface area (Å²) in [6.45, 7) is 1.93. The van der Waals surface area contributed by atoms with Gasteiger partial charge < -0.3 is 15.4 Å². The summed E-state index contributed by atoms with van der Waals surface area (Å²) in [7, 11) is -3.81. The van der Waals surface area contributed by atoms with E-state index in [1.165, 1.54) is 11.0 Å². The normalized spacial score (nSPS) is 30.2. The molecule has 13 heteroatoms. The van der Waals surface area contributed by atoms with Crippen molar-refractivity contribution >= 4 is 38.7 Å². The Morgan fingerprint density at radius 3 is 2.73 bits per heavy atom. The number of hydrogen-bond donors (Lipinski definition) is 2. The van der Waals surface area contributed by atoms with Gasteiger partial charge in [-0.2, -0.15) is 0 Å². The summed E-state index contributed by atoms with van der Waals surface area (Å²) < 4.78 is 48.4. The van der Waals surface area contributed by atoms with E-state index in [4.69, 9.17) is 10.5 Å². The number of hydrogen-bond acceptors (Lipinski definition) is 9. The van der Waals surface area contributed by atoms with Crippen LogP contribution in [0.25, 0.3) is 11.0 Å². The molecule has 2 saturated carbocycles. The van der Waals surface area contributed by atoms with Gasteiger partial charge in [0.2, 0.25) is 27.7 Å². The molecule has 0 spiro atoms. The number of nitrogens with two attached hydrogens (primary N) is 1. The summed E-state index contributed by atoms with van der Waals surface area (Å²) >= 11 is 0. The van der Waals surface area contributed by atoms with E-state index in [1.807, 2.05) is 19.1 Å². The predicted octanol–water partition coefficient (Wildman–Crippen LogP) is 3.10. The van der Waals surface area contributed by atoms with Crippen LogP contribution in [0.3, 0.4) is 0 Å². The molecule has 1 aromatic heterocycles. The monoisotopic (exact) mass is 641 g/mol. The van der Waals surface area contributed by atoms with Crippen LogP contribution in [0.15, 0.2) is 30.4 Å². The van der Waals surface area contributed by atoms with Crippen molar-refractivity contribution in [2.45, 2.75) is 101 Å². The number of carbonyl (C=O) groups excluding carboxylic acids is 3. The van der Waals surface area contributed by atoms with Crippen molar-refractivity contribution < 1.29 is 31.9 Å². The van der Waals surface area contributed by atoms with Crippen molar-refractivity contribution in [3.05, 3.63) is 41.9 Å². The molecular weight excluding hydrogens is 601 g/mol. The number of fused-ring (bicyclic) bond motifs is 3. The highest BCUT2D eigenvalue weighted by atomic mass is 32.2. The molecule has 1 saturated heterocycles. The van der Waals surface area contributed by atoms with Crippen LogP contribution in [0.5, 0.6) is 5.88 Å². The SMILES string of the molecule is CCc1nc2cccc(F)c2nc1O[C@@H]1C[C@H]2C(=O)C[C@]3(C(=O)NS(=O)(=O)C4CC4)C[C@H]3/C=C\CCCCC[C@H](N)C(=O)N2C1. The fourth-order valence-corrected chi connectivity index (χ4v) is 8.02. The number of ether oxygens (including phenoxy) is 1. The molecule has 0 unspecified atom stereocenters. The number of halogens is 1. The third kappa shape index (κ3) is 6.46. The lowest BCUT2D eigenvalue weighted by molar-refractivity contribution is -0.140. The molecule has 3 heterocycles. The van der Waals surface area contributed by atoms with Crippen molar-refractivity contribution in [3.63, 3.8) is 0 Å². The summed E-state index contributed by atoms with van der Waals surface area (Å²) in [5.74, 6) is -2.07. The second kappa shape index (κ2) is 12.4. The topological polar surface area (TPSA) is 162 Å².